The SMILES string of the molecule is O=C(OC[C@H]1SC(O)[C@H](OC(=O)c2ccccc2)[C@@H]1F)c1ccccc1. The van der Waals surface area contributed by atoms with Crippen LogP contribution in [0, 0.1) is 0 Å². The van der Waals surface area contributed by atoms with Crippen LogP contribution in [0.4, 0.5) is 4.39 Å². The van der Waals surface area contributed by atoms with Crippen molar-refractivity contribution >= 4 is 23.7 Å². The third-order valence-electron chi connectivity index (χ3n) is 3.91. The standard InChI is InChI=1S/C19H17FO5S/c20-15-14(11-24-17(21)12-7-3-1-4-8-12)26-19(23)16(15)25-18(22)13-9-5-2-6-10-13/h1-10,14-16,19,23H,11H2/t14-,15-,16-,19?/m1/s1. The van der Waals surface area contributed by atoms with Gasteiger partial charge in [-0.25, -0.2) is 14.0 Å². The van der Waals surface area contributed by atoms with Crippen LogP contribution in [-0.2, 0) is 9.47 Å². The Balaban J connectivity index is 1.56. The van der Waals surface area contributed by atoms with Crippen molar-refractivity contribution in [3.8, 4) is 0 Å². The van der Waals surface area contributed by atoms with Crippen molar-refractivity contribution in [1.82, 2.24) is 0 Å². The summed E-state index contributed by atoms with van der Waals surface area (Å²) in [4.78, 5) is 24.0. The monoisotopic (exact) mass is 376 g/mol. The highest BCUT2D eigenvalue weighted by molar-refractivity contribution is 8.00. The molecule has 0 amide bonds. The number of carbonyl (C=O) groups excluding carboxylic acids is 2. The number of ether oxygens (including phenoxy) is 2. The highest BCUT2D eigenvalue weighted by Gasteiger charge is 2.47. The lowest BCUT2D eigenvalue weighted by Gasteiger charge is -2.18. The minimum Gasteiger partial charge on any atom is -0.461 e. The fourth-order valence-electron chi connectivity index (χ4n) is 2.54. The van der Waals surface area contributed by atoms with E-state index in [9.17, 15) is 19.1 Å². The summed E-state index contributed by atoms with van der Waals surface area (Å²) in [6.07, 6.45) is -2.96. The number of hydrogen-bond donors (Lipinski definition) is 1. The van der Waals surface area contributed by atoms with Crippen molar-refractivity contribution < 1.29 is 28.6 Å². The fraction of sp³-hybridized carbons (Fsp3) is 0.263. The van der Waals surface area contributed by atoms with Gasteiger partial charge < -0.3 is 14.6 Å². The van der Waals surface area contributed by atoms with E-state index in [2.05, 4.69) is 0 Å². The molecule has 2 aromatic carbocycles. The number of aliphatic hydroxyl groups is 1. The summed E-state index contributed by atoms with van der Waals surface area (Å²) in [6.45, 7) is -0.226. The Morgan fingerprint density at radius 3 is 2.08 bits per heavy atom. The number of alkyl halides is 1. The van der Waals surface area contributed by atoms with E-state index in [0.717, 1.165) is 11.8 Å². The summed E-state index contributed by atoms with van der Waals surface area (Å²) < 4.78 is 24.8. The number of hydrogen-bond acceptors (Lipinski definition) is 6. The van der Waals surface area contributed by atoms with Crippen LogP contribution in [0.1, 0.15) is 20.7 Å². The summed E-state index contributed by atoms with van der Waals surface area (Å²) in [5.41, 5.74) is -0.590. The van der Waals surface area contributed by atoms with Gasteiger partial charge in [0.1, 0.15) is 12.0 Å². The molecule has 5 nitrogen and oxygen atoms in total. The summed E-state index contributed by atoms with van der Waals surface area (Å²) in [5.74, 6) is -1.28. The minimum absolute atomic E-state index is 0.226. The lowest BCUT2D eigenvalue weighted by Crippen LogP contribution is -2.35. The minimum atomic E-state index is -1.65. The molecule has 0 spiro atoms. The molecular formula is C19H17FO5S. The highest BCUT2D eigenvalue weighted by atomic mass is 32.2. The summed E-state index contributed by atoms with van der Waals surface area (Å²) in [5, 5.41) is 9.20. The van der Waals surface area contributed by atoms with Crippen LogP contribution < -0.4 is 0 Å². The van der Waals surface area contributed by atoms with Crippen molar-refractivity contribution in [1.29, 1.82) is 0 Å². The Morgan fingerprint density at radius 1 is 0.962 bits per heavy atom. The van der Waals surface area contributed by atoms with Gasteiger partial charge in [-0.15, -0.1) is 11.8 Å². The molecule has 0 bridgehead atoms. The Morgan fingerprint density at radius 2 is 1.50 bits per heavy atom. The normalized spacial score (nSPS) is 24.8. The molecule has 1 fully saturated rings. The van der Waals surface area contributed by atoms with Crippen LogP contribution in [0.5, 0.6) is 0 Å². The van der Waals surface area contributed by atoms with Gasteiger partial charge in [-0.2, -0.15) is 0 Å². The van der Waals surface area contributed by atoms with Gasteiger partial charge >= 0.3 is 11.9 Å². The molecule has 1 heterocycles. The maximum atomic E-state index is 14.6. The summed E-state index contributed by atoms with van der Waals surface area (Å²) in [6, 6.07) is 16.5. The maximum Gasteiger partial charge on any atom is 0.338 e. The van der Waals surface area contributed by atoms with E-state index in [1.165, 1.54) is 0 Å². The van der Waals surface area contributed by atoms with E-state index < -0.39 is 34.9 Å². The van der Waals surface area contributed by atoms with Gasteiger partial charge in [0.25, 0.3) is 0 Å². The second-order valence-electron chi connectivity index (χ2n) is 5.71. The van der Waals surface area contributed by atoms with Crippen LogP contribution >= 0.6 is 11.8 Å². The largest absolute Gasteiger partial charge is 0.461 e. The van der Waals surface area contributed by atoms with Crippen molar-refractivity contribution in [2.45, 2.75) is 23.0 Å². The third kappa shape index (κ3) is 4.23. The van der Waals surface area contributed by atoms with Gasteiger partial charge in [-0.05, 0) is 24.3 Å². The van der Waals surface area contributed by atoms with Crippen LogP contribution in [0.2, 0.25) is 0 Å². The molecule has 136 valence electrons. The molecule has 1 N–H and O–H groups in total. The van der Waals surface area contributed by atoms with Gasteiger partial charge in [0.05, 0.1) is 16.4 Å². The van der Waals surface area contributed by atoms with Crippen LogP contribution in [-0.4, -0.2) is 46.6 Å². The molecule has 26 heavy (non-hydrogen) atoms. The molecule has 0 aliphatic carbocycles. The average molecular weight is 376 g/mol. The summed E-state index contributed by atoms with van der Waals surface area (Å²) >= 11 is 0.882. The maximum absolute atomic E-state index is 14.6. The van der Waals surface area contributed by atoms with Gasteiger partial charge in [-0.3, -0.25) is 0 Å². The Kier molecular flexibility index (Phi) is 5.90. The van der Waals surface area contributed by atoms with E-state index >= 15 is 0 Å². The van der Waals surface area contributed by atoms with Crippen molar-refractivity contribution in [3.63, 3.8) is 0 Å². The molecule has 0 saturated carbocycles. The number of halogens is 1. The molecule has 1 aliphatic heterocycles. The molecule has 1 saturated heterocycles. The van der Waals surface area contributed by atoms with Crippen LogP contribution in [0.25, 0.3) is 0 Å². The topological polar surface area (TPSA) is 72.8 Å². The van der Waals surface area contributed by atoms with Crippen molar-refractivity contribution in [3.05, 3.63) is 71.8 Å². The number of rotatable bonds is 5. The Labute approximate surface area is 154 Å². The predicted octanol–water partition coefficient (Wildman–Crippen LogP) is 2.84. The van der Waals surface area contributed by atoms with Crippen LogP contribution in [0.15, 0.2) is 60.7 Å². The van der Waals surface area contributed by atoms with Crippen molar-refractivity contribution in [2.24, 2.45) is 0 Å². The Bertz CT molecular complexity index is 755. The van der Waals surface area contributed by atoms with E-state index in [1.807, 2.05) is 0 Å². The molecule has 1 aliphatic rings. The summed E-state index contributed by atoms with van der Waals surface area (Å²) in [7, 11) is 0. The van der Waals surface area contributed by atoms with Crippen molar-refractivity contribution in [2.75, 3.05) is 6.61 Å². The molecule has 1 unspecified atom stereocenters. The molecular weight excluding hydrogens is 359 g/mol. The number of esters is 2. The second-order valence-corrected chi connectivity index (χ2v) is 7.07. The molecule has 0 aromatic heterocycles. The quantitative estimate of drug-likeness (QED) is 0.809. The third-order valence-corrected chi connectivity index (χ3v) is 5.20. The van der Waals surface area contributed by atoms with Gasteiger partial charge in [0.2, 0.25) is 0 Å². The van der Waals surface area contributed by atoms with E-state index in [1.54, 1.807) is 60.7 Å². The molecule has 0 radical (unpaired) electrons. The zero-order valence-electron chi connectivity index (χ0n) is 13.7. The first-order valence-corrected chi connectivity index (χ1v) is 8.96. The van der Waals surface area contributed by atoms with Gasteiger partial charge in [-0.1, -0.05) is 36.4 Å². The van der Waals surface area contributed by atoms with E-state index in [-0.39, 0.29) is 12.2 Å². The fourth-order valence-corrected chi connectivity index (χ4v) is 3.71. The highest BCUT2D eigenvalue weighted by Crippen LogP contribution is 2.37. The van der Waals surface area contributed by atoms with Crippen LogP contribution in [0.3, 0.4) is 0 Å². The zero-order chi connectivity index (χ0) is 18.5. The first-order chi connectivity index (χ1) is 12.6. The van der Waals surface area contributed by atoms with Gasteiger partial charge in [0, 0.05) is 0 Å². The first-order valence-electron chi connectivity index (χ1n) is 8.02. The lowest BCUT2D eigenvalue weighted by molar-refractivity contribution is -0.0203. The molecule has 7 heteroatoms. The van der Waals surface area contributed by atoms with Gasteiger partial charge in [0.15, 0.2) is 12.3 Å². The molecule has 3 rings (SSSR count). The number of carbonyl (C=O) groups is 2. The Hall–Kier alpha value is -2.38. The van der Waals surface area contributed by atoms with E-state index in [4.69, 9.17) is 9.47 Å². The van der Waals surface area contributed by atoms with E-state index in [0.29, 0.717) is 5.56 Å². The lowest BCUT2D eigenvalue weighted by atomic mass is 10.1. The number of thioether (sulfide) groups is 1. The second kappa shape index (κ2) is 8.33. The predicted molar refractivity (Wildman–Crippen MR) is 94.7 cm³/mol. The zero-order valence-corrected chi connectivity index (χ0v) is 14.5. The average Bonchev–Trinajstić information content (AvgIpc) is 2.95. The molecule has 4 atom stereocenters. The molecule has 2 aromatic rings. The number of aliphatic hydroxyl groups excluding tert-OH is 1. The first kappa shape index (κ1) is 18.4. The smallest absolute Gasteiger partial charge is 0.338 e. The number of benzene rings is 2.